The van der Waals surface area contributed by atoms with Crippen LogP contribution < -0.4 is 10.1 Å². The minimum Gasteiger partial charge on any atom is -0.457 e. The Bertz CT molecular complexity index is 1170. The monoisotopic (exact) mass is 476 g/mol. The summed E-state index contributed by atoms with van der Waals surface area (Å²) in [5.41, 5.74) is 0.860. The van der Waals surface area contributed by atoms with Crippen molar-refractivity contribution in [2.45, 2.75) is 29.6 Å². The van der Waals surface area contributed by atoms with Crippen LogP contribution in [0.25, 0.3) is 0 Å². The normalized spacial score (nSPS) is 16.9. The molecule has 1 amide bonds. The maximum absolute atomic E-state index is 12.9. The van der Waals surface area contributed by atoms with E-state index in [0.717, 1.165) is 22.6 Å². The number of para-hydroxylation sites is 1. The summed E-state index contributed by atoms with van der Waals surface area (Å²) in [6.45, 7) is 0.594. The fourth-order valence-electron chi connectivity index (χ4n) is 3.49. The van der Waals surface area contributed by atoms with Crippen LogP contribution in [0, 0.1) is 0 Å². The highest BCUT2D eigenvalue weighted by Crippen LogP contribution is 2.32. The Morgan fingerprint density at radius 3 is 2.61 bits per heavy atom. The predicted octanol–water partition coefficient (Wildman–Crippen LogP) is 4.66. The number of nitrogens with one attached hydrogen (secondary N) is 1. The highest BCUT2D eigenvalue weighted by Gasteiger charge is 2.39. The van der Waals surface area contributed by atoms with Gasteiger partial charge in [0.1, 0.15) is 21.8 Å². The molecule has 1 aromatic heterocycles. The van der Waals surface area contributed by atoms with Gasteiger partial charge in [0.25, 0.3) is 10.0 Å². The first-order valence-electron chi connectivity index (χ1n) is 9.80. The van der Waals surface area contributed by atoms with Crippen LogP contribution in [0.15, 0.2) is 70.9 Å². The SMILES string of the molecule is O=C(NCc1cccc(Oc2ccccc2)c1)[C@@H]1CCCN1S(=O)(=O)c1ccc(Cl)s1. The Morgan fingerprint density at radius 2 is 1.87 bits per heavy atom. The summed E-state index contributed by atoms with van der Waals surface area (Å²) in [5, 5.41) is 2.87. The van der Waals surface area contributed by atoms with Gasteiger partial charge in [0.15, 0.2) is 0 Å². The molecule has 0 saturated carbocycles. The molecule has 6 nitrogen and oxygen atoms in total. The van der Waals surface area contributed by atoms with Crippen molar-refractivity contribution in [3.8, 4) is 11.5 Å². The van der Waals surface area contributed by atoms with Gasteiger partial charge < -0.3 is 10.1 Å². The van der Waals surface area contributed by atoms with Crippen molar-refractivity contribution in [2.75, 3.05) is 6.54 Å². The molecule has 0 aliphatic carbocycles. The number of rotatable bonds is 7. The van der Waals surface area contributed by atoms with Gasteiger partial charge in [-0.2, -0.15) is 4.31 Å². The van der Waals surface area contributed by atoms with Gasteiger partial charge in [0, 0.05) is 13.1 Å². The third kappa shape index (κ3) is 5.10. The third-order valence-corrected chi connectivity index (χ3v) is 8.57. The Hall–Kier alpha value is -2.39. The molecule has 1 fully saturated rings. The first-order chi connectivity index (χ1) is 14.9. The molecule has 9 heteroatoms. The van der Waals surface area contributed by atoms with Gasteiger partial charge in [-0.05, 0) is 54.8 Å². The number of carbonyl (C=O) groups is 1. The summed E-state index contributed by atoms with van der Waals surface area (Å²) in [7, 11) is -3.75. The van der Waals surface area contributed by atoms with Crippen LogP contribution in [-0.2, 0) is 21.4 Å². The van der Waals surface area contributed by atoms with Crippen LogP contribution in [-0.4, -0.2) is 31.2 Å². The van der Waals surface area contributed by atoms with Gasteiger partial charge in [-0.25, -0.2) is 8.42 Å². The number of hydrogen-bond donors (Lipinski definition) is 1. The summed E-state index contributed by atoms with van der Waals surface area (Å²) in [4.78, 5) is 12.8. The maximum atomic E-state index is 12.9. The molecule has 1 atom stereocenters. The number of sulfonamides is 1. The van der Waals surface area contributed by atoms with E-state index in [9.17, 15) is 13.2 Å². The molecule has 0 unspecified atom stereocenters. The van der Waals surface area contributed by atoms with E-state index < -0.39 is 16.1 Å². The van der Waals surface area contributed by atoms with E-state index >= 15 is 0 Å². The second kappa shape index (κ2) is 9.40. The molecule has 0 radical (unpaired) electrons. The van der Waals surface area contributed by atoms with Crippen molar-refractivity contribution < 1.29 is 17.9 Å². The lowest BCUT2D eigenvalue weighted by Gasteiger charge is -2.22. The van der Waals surface area contributed by atoms with Crippen LogP contribution >= 0.6 is 22.9 Å². The Balaban J connectivity index is 1.41. The topological polar surface area (TPSA) is 75.7 Å². The highest BCUT2D eigenvalue weighted by atomic mass is 35.5. The van der Waals surface area contributed by atoms with Crippen molar-refractivity contribution in [3.63, 3.8) is 0 Å². The second-order valence-electron chi connectivity index (χ2n) is 7.11. The molecule has 0 spiro atoms. The lowest BCUT2D eigenvalue weighted by atomic mass is 10.2. The van der Waals surface area contributed by atoms with Gasteiger partial charge in [-0.15, -0.1) is 11.3 Å². The first-order valence-corrected chi connectivity index (χ1v) is 12.4. The van der Waals surface area contributed by atoms with Gasteiger partial charge in [0.05, 0.1) is 4.34 Å². The van der Waals surface area contributed by atoms with E-state index in [1.807, 2.05) is 54.6 Å². The van der Waals surface area contributed by atoms with Gasteiger partial charge in [0.2, 0.25) is 5.91 Å². The second-order valence-corrected chi connectivity index (χ2v) is 10.9. The Labute approximate surface area is 190 Å². The van der Waals surface area contributed by atoms with Crippen LogP contribution in [0.2, 0.25) is 4.34 Å². The van der Waals surface area contributed by atoms with Crippen molar-refractivity contribution in [1.82, 2.24) is 9.62 Å². The third-order valence-electron chi connectivity index (χ3n) is 4.96. The summed E-state index contributed by atoms with van der Waals surface area (Å²) >= 11 is 6.90. The Kier molecular flexibility index (Phi) is 6.62. The number of carbonyl (C=O) groups excluding carboxylic acids is 1. The van der Waals surface area contributed by atoms with E-state index in [1.165, 1.54) is 10.4 Å². The van der Waals surface area contributed by atoms with Crippen molar-refractivity contribution >= 4 is 38.9 Å². The van der Waals surface area contributed by atoms with Crippen molar-refractivity contribution in [3.05, 3.63) is 76.6 Å². The van der Waals surface area contributed by atoms with Crippen LogP contribution in [0.4, 0.5) is 0 Å². The zero-order valence-electron chi connectivity index (χ0n) is 16.5. The molecule has 31 heavy (non-hydrogen) atoms. The molecule has 1 N–H and O–H groups in total. The quantitative estimate of drug-likeness (QED) is 0.538. The van der Waals surface area contributed by atoms with Crippen LogP contribution in [0.1, 0.15) is 18.4 Å². The molecule has 0 bridgehead atoms. The number of hydrogen-bond acceptors (Lipinski definition) is 5. The number of thiophene rings is 1. The number of nitrogens with zero attached hydrogens (tertiary/aromatic N) is 1. The summed E-state index contributed by atoms with van der Waals surface area (Å²) < 4.78 is 33.5. The predicted molar refractivity (Wildman–Crippen MR) is 121 cm³/mol. The minimum absolute atomic E-state index is 0.156. The number of ether oxygens (including phenoxy) is 1. The van der Waals surface area contributed by atoms with E-state index in [4.69, 9.17) is 16.3 Å². The lowest BCUT2D eigenvalue weighted by Crippen LogP contribution is -2.45. The fraction of sp³-hybridized carbons (Fsp3) is 0.227. The zero-order chi connectivity index (χ0) is 21.8. The van der Waals surface area contributed by atoms with Gasteiger partial charge >= 0.3 is 0 Å². The standard InChI is InChI=1S/C22H21ClN2O4S2/c23-20-11-12-21(30-20)31(27,28)25-13-5-10-19(25)22(26)24-15-16-6-4-9-18(14-16)29-17-7-2-1-3-8-17/h1-4,6-9,11-12,14,19H,5,10,13,15H2,(H,24,26)/t19-/m0/s1. The van der Waals surface area contributed by atoms with E-state index in [2.05, 4.69) is 5.32 Å². The molecule has 162 valence electrons. The fourth-order valence-corrected chi connectivity index (χ4v) is 6.76. The average Bonchev–Trinajstić information content (AvgIpc) is 3.43. The van der Waals surface area contributed by atoms with Gasteiger partial charge in [-0.3, -0.25) is 4.79 Å². The molecule has 1 saturated heterocycles. The van der Waals surface area contributed by atoms with E-state index in [0.29, 0.717) is 29.5 Å². The van der Waals surface area contributed by atoms with Crippen molar-refractivity contribution in [1.29, 1.82) is 0 Å². The Morgan fingerprint density at radius 1 is 1.10 bits per heavy atom. The molecular formula is C22H21ClN2O4S2. The lowest BCUT2D eigenvalue weighted by molar-refractivity contribution is -0.124. The molecule has 4 rings (SSSR count). The summed E-state index contributed by atoms with van der Waals surface area (Å²) in [6, 6.07) is 19.2. The highest BCUT2D eigenvalue weighted by molar-refractivity contribution is 7.91. The zero-order valence-corrected chi connectivity index (χ0v) is 18.9. The largest absolute Gasteiger partial charge is 0.457 e. The number of amides is 1. The van der Waals surface area contributed by atoms with Crippen LogP contribution in [0.3, 0.4) is 0 Å². The van der Waals surface area contributed by atoms with Gasteiger partial charge in [-0.1, -0.05) is 41.9 Å². The molecule has 3 aromatic rings. The number of benzene rings is 2. The van der Waals surface area contributed by atoms with Crippen molar-refractivity contribution in [2.24, 2.45) is 0 Å². The van der Waals surface area contributed by atoms with E-state index in [-0.39, 0.29) is 16.7 Å². The molecule has 2 heterocycles. The minimum atomic E-state index is -3.75. The molecular weight excluding hydrogens is 456 g/mol. The molecule has 2 aromatic carbocycles. The summed E-state index contributed by atoms with van der Waals surface area (Å²) in [6.07, 6.45) is 1.12. The number of halogens is 1. The molecule has 1 aliphatic rings. The maximum Gasteiger partial charge on any atom is 0.253 e. The summed E-state index contributed by atoms with van der Waals surface area (Å²) in [5.74, 6) is 1.08. The smallest absolute Gasteiger partial charge is 0.253 e. The average molecular weight is 477 g/mol. The van der Waals surface area contributed by atoms with E-state index in [1.54, 1.807) is 6.07 Å². The first kappa shape index (κ1) is 21.8. The molecule has 1 aliphatic heterocycles. The van der Waals surface area contributed by atoms with Crippen LogP contribution in [0.5, 0.6) is 11.5 Å².